The van der Waals surface area contributed by atoms with Crippen molar-refractivity contribution in [1.29, 1.82) is 0 Å². The molecule has 1 aromatic heterocycles. The molecule has 0 bridgehead atoms. The Morgan fingerprint density at radius 3 is 2.50 bits per heavy atom. The van der Waals surface area contributed by atoms with Crippen molar-refractivity contribution < 1.29 is 5.11 Å². The van der Waals surface area contributed by atoms with Crippen LogP contribution in [-0.2, 0) is 0 Å². The second kappa shape index (κ2) is 4.58. The minimum Gasteiger partial charge on any atom is -0.383 e. The van der Waals surface area contributed by atoms with E-state index in [1.54, 1.807) is 11.3 Å². The molecule has 0 aliphatic carbocycles. The lowest BCUT2D eigenvalue weighted by atomic mass is 10.1. The fourth-order valence-corrected chi connectivity index (χ4v) is 2.62. The Morgan fingerprint density at radius 2 is 1.94 bits per heavy atom. The van der Waals surface area contributed by atoms with E-state index in [1.165, 1.54) is 4.88 Å². The van der Waals surface area contributed by atoms with Gasteiger partial charge in [-0.3, -0.25) is 0 Å². The molecule has 1 nitrogen and oxygen atoms in total. The molecule has 0 aliphatic rings. The van der Waals surface area contributed by atoms with Crippen molar-refractivity contribution in [1.82, 2.24) is 0 Å². The lowest BCUT2D eigenvalue weighted by Crippen LogP contribution is -1.97. The lowest BCUT2D eigenvalue weighted by molar-refractivity contribution is 0.224. The first-order valence-electron chi connectivity index (χ1n) is 5.08. The Balaban J connectivity index is 2.33. The summed E-state index contributed by atoms with van der Waals surface area (Å²) in [4.78, 5) is 2.16. The zero-order valence-corrected chi connectivity index (χ0v) is 10.8. The minimum atomic E-state index is -0.572. The summed E-state index contributed by atoms with van der Waals surface area (Å²) in [7, 11) is 0. The molecular weight excluding hydrogens is 240 g/mol. The number of rotatable bonds is 2. The average molecular weight is 253 g/mol. The molecule has 0 aliphatic heterocycles. The molecule has 3 heteroatoms. The maximum Gasteiger partial charge on any atom is 0.113 e. The summed E-state index contributed by atoms with van der Waals surface area (Å²) >= 11 is 7.65. The van der Waals surface area contributed by atoms with Gasteiger partial charge >= 0.3 is 0 Å². The second-order valence-corrected chi connectivity index (χ2v) is 5.59. The van der Waals surface area contributed by atoms with Crippen LogP contribution in [0.1, 0.15) is 27.0 Å². The first-order valence-corrected chi connectivity index (χ1v) is 6.28. The lowest BCUT2D eigenvalue weighted by Gasteiger charge is -2.10. The van der Waals surface area contributed by atoms with Crippen LogP contribution in [0.15, 0.2) is 30.3 Å². The number of aryl methyl sites for hydroxylation is 2. The number of halogens is 1. The van der Waals surface area contributed by atoms with Crippen molar-refractivity contribution in [3.05, 3.63) is 56.2 Å². The van der Waals surface area contributed by atoms with E-state index >= 15 is 0 Å². The summed E-state index contributed by atoms with van der Waals surface area (Å²) in [5, 5.41) is 10.9. The molecule has 0 amide bonds. The van der Waals surface area contributed by atoms with E-state index in [0.29, 0.717) is 5.02 Å². The standard InChI is InChI=1S/C13H13ClOS/c1-8-3-5-10(7-11(8)14)13(15)12-6-4-9(2)16-12/h3-7,13,15H,1-2H3. The zero-order chi connectivity index (χ0) is 11.7. The van der Waals surface area contributed by atoms with Gasteiger partial charge in [0.25, 0.3) is 0 Å². The third kappa shape index (κ3) is 2.29. The fourth-order valence-electron chi connectivity index (χ4n) is 1.54. The highest BCUT2D eigenvalue weighted by molar-refractivity contribution is 7.12. The van der Waals surface area contributed by atoms with Crippen LogP contribution in [0.3, 0.4) is 0 Å². The van der Waals surface area contributed by atoms with Gasteiger partial charge in [0.05, 0.1) is 0 Å². The van der Waals surface area contributed by atoms with Gasteiger partial charge in [-0.25, -0.2) is 0 Å². The predicted octanol–water partition coefficient (Wildman–Crippen LogP) is 4.10. The normalized spacial score (nSPS) is 12.8. The molecular formula is C13H13ClOS. The van der Waals surface area contributed by atoms with Gasteiger partial charge in [-0.1, -0.05) is 23.7 Å². The topological polar surface area (TPSA) is 20.2 Å². The maximum absolute atomic E-state index is 10.2. The second-order valence-electron chi connectivity index (χ2n) is 3.86. The summed E-state index contributed by atoms with van der Waals surface area (Å²) in [5.41, 5.74) is 1.87. The van der Waals surface area contributed by atoms with E-state index in [9.17, 15) is 5.11 Å². The van der Waals surface area contributed by atoms with Crippen molar-refractivity contribution in [2.24, 2.45) is 0 Å². The summed E-state index contributed by atoms with van der Waals surface area (Å²) in [5.74, 6) is 0. The highest BCUT2D eigenvalue weighted by Gasteiger charge is 2.13. The Morgan fingerprint density at radius 1 is 1.19 bits per heavy atom. The number of hydrogen-bond acceptors (Lipinski definition) is 2. The van der Waals surface area contributed by atoms with E-state index in [4.69, 9.17) is 11.6 Å². The maximum atomic E-state index is 10.2. The molecule has 0 saturated carbocycles. The zero-order valence-electron chi connectivity index (χ0n) is 9.20. The average Bonchev–Trinajstić information content (AvgIpc) is 2.68. The molecule has 16 heavy (non-hydrogen) atoms. The van der Waals surface area contributed by atoms with Gasteiger partial charge in [-0.15, -0.1) is 11.3 Å². The van der Waals surface area contributed by atoms with Crippen LogP contribution in [0.5, 0.6) is 0 Å². The van der Waals surface area contributed by atoms with E-state index in [1.807, 2.05) is 44.2 Å². The number of aliphatic hydroxyl groups excluding tert-OH is 1. The van der Waals surface area contributed by atoms with Gasteiger partial charge in [0.2, 0.25) is 0 Å². The molecule has 1 heterocycles. The highest BCUT2D eigenvalue weighted by atomic mass is 35.5. The third-order valence-electron chi connectivity index (χ3n) is 2.54. The van der Waals surface area contributed by atoms with Crippen molar-refractivity contribution in [2.75, 3.05) is 0 Å². The molecule has 0 saturated heterocycles. The monoisotopic (exact) mass is 252 g/mol. The van der Waals surface area contributed by atoms with Crippen molar-refractivity contribution in [3.8, 4) is 0 Å². The van der Waals surface area contributed by atoms with Crippen LogP contribution < -0.4 is 0 Å². The molecule has 0 radical (unpaired) electrons. The van der Waals surface area contributed by atoms with Crippen LogP contribution in [0.25, 0.3) is 0 Å². The minimum absolute atomic E-state index is 0.572. The van der Waals surface area contributed by atoms with Crippen LogP contribution in [0, 0.1) is 13.8 Å². The summed E-state index contributed by atoms with van der Waals surface area (Å²) in [6.07, 6.45) is -0.572. The predicted molar refractivity (Wildman–Crippen MR) is 69.3 cm³/mol. The number of hydrogen-bond donors (Lipinski definition) is 1. The molecule has 1 unspecified atom stereocenters. The highest BCUT2D eigenvalue weighted by Crippen LogP contribution is 2.30. The Labute approximate surface area is 104 Å². The molecule has 1 N–H and O–H groups in total. The van der Waals surface area contributed by atoms with Gasteiger partial charge in [-0.05, 0) is 43.2 Å². The van der Waals surface area contributed by atoms with Gasteiger partial charge < -0.3 is 5.11 Å². The van der Waals surface area contributed by atoms with E-state index in [-0.39, 0.29) is 0 Å². The van der Waals surface area contributed by atoms with Gasteiger partial charge in [0.15, 0.2) is 0 Å². The largest absolute Gasteiger partial charge is 0.383 e. The quantitative estimate of drug-likeness (QED) is 0.853. The molecule has 1 aromatic carbocycles. The van der Waals surface area contributed by atoms with E-state index in [2.05, 4.69) is 0 Å². The Hall–Kier alpha value is -0.830. The molecule has 0 fully saturated rings. The van der Waals surface area contributed by atoms with Crippen LogP contribution in [0.2, 0.25) is 5.02 Å². The van der Waals surface area contributed by atoms with Crippen LogP contribution >= 0.6 is 22.9 Å². The molecule has 2 aromatic rings. The molecule has 84 valence electrons. The van der Waals surface area contributed by atoms with Crippen molar-refractivity contribution >= 4 is 22.9 Å². The first kappa shape index (κ1) is 11.6. The van der Waals surface area contributed by atoms with Gasteiger partial charge in [0.1, 0.15) is 6.10 Å². The molecule has 0 spiro atoms. The smallest absolute Gasteiger partial charge is 0.113 e. The Kier molecular flexibility index (Phi) is 3.33. The van der Waals surface area contributed by atoms with Crippen molar-refractivity contribution in [3.63, 3.8) is 0 Å². The SMILES string of the molecule is Cc1ccc(C(O)c2ccc(C)c(Cl)c2)s1. The number of aliphatic hydroxyl groups is 1. The van der Waals surface area contributed by atoms with Gasteiger partial charge in [-0.2, -0.15) is 0 Å². The Bertz CT molecular complexity index is 504. The van der Waals surface area contributed by atoms with Crippen LogP contribution in [0.4, 0.5) is 0 Å². The van der Waals surface area contributed by atoms with Crippen LogP contribution in [-0.4, -0.2) is 5.11 Å². The summed E-state index contributed by atoms with van der Waals surface area (Å²) < 4.78 is 0. The third-order valence-corrected chi connectivity index (χ3v) is 4.00. The number of benzene rings is 1. The summed E-state index contributed by atoms with van der Waals surface area (Å²) in [6.45, 7) is 3.98. The van der Waals surface area contributed by atoms with E-state index in [0.717, 1.165) is 16.0 Å². The molecule has 1 atom stereocenters. The first-order chi connectivity index (χ1) is 7.58. The van der Waals surface area contributed by atoms with Crippen molar-refractivity contribution in [2.45, 2.75) is 20.0 Å². The van der Waals surface area contributed by atoms with E-state index < -0.39 is 6.10 Å². The number of thiophene rings is 1. The van der Waals surface area contributed by atoms with Gasteiger partial charge in [0, 0.05) is 14.8 Å². The summed E-state index contributed by atoms with van der Waals surface area (Å²) in [6, 6.07) is 9.65. The fraction of sp³-hybridized carbons (Fsp3) is 0.231. The molecule has 2 rings (SSSR count).